The predicted octanol–water partition coefficient (Wildman–Crippen LogP) is 4.02. The smallest absolute Gasteiger partial charge is 0.294 e. The number of aromatic nitrogens is 3. The van der Waals surface area contributed by atoms with Gasteiger partial charge in [-0.1, -0.05) is 43.3 Å². The second-order valence-electron chi connectivity index (χ2n) is 7.85. The van der Waals surface area contributed by atoms with E-state index in [-0.39, 0.29) is 17.6 Å². The molecule has 1 heterocycles. The highest BCUT2D eigenvalue weighted by Crippen LogP contribution is 2.39. The van der Waals surface area contributed by atoms with Crippen LogP contribution in [0.1, 0.15) is 55.5 Å². The van der Waals surface area contributed by atoms with Gasteiger partial charge >= 0.3 is 0 Å². The van der Waals surface area contributed by atoms with Crippen molar-refractivity contribution in [3.8, 4) is 5.69 Å². The van der Waals surface area contributed by atoms with Crippen molar-refractivity contribution in [2.45, 2.75) is 45.1 Å². The van der Waals surface area contributed by atoms with Gasteiger partial charge < -0.3 is 10.2 Å². The zero-order valence-electron chi connectivity index (χ0n) is 17.9. The van der Waals surface area contributed by atoms with Crippen LogP contribution < -0.4 is 5.32 Å². The summed E-state index contributed by atoms with van der Waals surface area (Å²) in [4.78, 5) is 32.4. The molecule has 1 aliphatic carbocycles. The molecule has 0 aliphatic heterocycles. The van der Waals surface area contributed by atoms with E-state index in [4.69, 9.17) is 0 Å². The van der Waals surface area contributed by atoms with Crippen LogP contribution in [0.2, 0.25) is 0 Å². The molecular formula is C24H27N5O2. The van der Waals surface area contributed by atoms with Crippen LogP contribution in [0.15, 0.2) is 60.7 Å². The van der Waals surface area contributed by atoms with E-state index in [2.05, 4.69) is 15.4 Å². The van der Waals surface area contributed by atoms with Crippen molar-refractivity contribution in [2.24, 2.45) is 0 Å². The third-order valence-corrected chi connectivity index (χ3v) is 5.38. The molecule has 7 nitrogen and oxygen atoms in total. The van der Waals surface area contributed by atoms with E-state index in [1.54, 1.807) is 16.5 Å². The zero-order valence-corrected chi connectivity index (χ0v) is 17.9. The molecule has 31 heavy (non-hydrogen) atoms. The number of anilines is 1. The number of hydrogen-bond donors (Lipinski definition) is 1. The average molecular weight is 418 g/mol. The van der Waals surface area contributed by atoms with E-state index in [1.165, 1.54) is 0 Å². The molecule has 1 saturated carbocycles. The Hall–Kier alpha value is -3.48. The molecule has 0 spiro atoms. The Balaban J connectivity index is 1.59. The summed E-state index contributed by atoms with van der Waals surface area (Å²) in [5.74, 6) is 0.714. The number of benzene rings is 2. The fourth-order valence-corrected chi connectivity index (χ4v) is 3.53. The van der Waals surface area contributed by atoms with Gasteiger partial charge in [0.25, 0.3) is 5.91 Å². The van der Waals surface area contributed by atoms with Crippen LogP contribution in [-0.4, -0.2) is 44.1 Å². The summed E-state index contributed by atoms with van der Waals surface area (Å²) < 4.78 is 1.77. The number of nitrogens with one attached hydrogen (secondary N) is 1. The van der Waals surface area contributed by atoms with Gasteiger partial charge in [0.15, 0.2) is 0 Å². The third kappa shape index (κ3) is 4.66. The average Bonchev–Trinajstić information content (AvgIpc) is 3.55. The third-order valence-electron chi connectivity index (χ3n) is 5.38. The Bertz CT molecular complexity index is 1040. The quantitative estimate of drug-likeness (QED) is 0.600. The lowest BCUT2D eigenvalue weighted by molar-refractivity contribution is -0.120. The van der Waals surface area contributed by atoms with Crippen LogP contribution in [-0.2, 0) is 4.79 Å². The van der Waals surface area contributed by atoms with E-state index in [0.29, 0.717) is 18.2 Å². The molecule has 2 amide bonds. The molecule has 7 heteroatoms. The lowest BCUT2D eigenvalue weighted by atomic mass is 10.2. The summed E-state index contributed by atoms with van der Waals surface area (Å²) in [6.07, 6.45) is 2.82. The molecule has 1 N–H and O–H groups in total. The first-order valence-corrected chi connectivity index (χ1v) is 10.8. The summed E-state index contributed by atoms with van der Waals surface area (Å²) in [5, 5.41) is 7.43. The second-order valence-corrected chi connectivity index (χ2v) is 7.85. The largest absolute Gasteiger partial charge is 0.324 e. The number of amides is 2. The monoisotopic (exact) mass is 417 g/mol. The first-order valence-electron chi connectivity index (χ1n) is 10.8. The minimum absolute atomic E-state index is 0.138. The second kappa shape index (κ2) is 9.12. The van der Waals surface area contributed by atoms with Gasteiger partial charge in [-0.25, -0.2) is 9.67 Å². The van der Waals surface area contributed by atoms with Crippen LogP contribution in [0, 0.1) is 0 Å². The lowest BCUT2D eigenvalue weighted by Gasteiger charge is -2.27. The number of hydrogen-bond acceptors (Lipinski definition) is 4. The molecule has 1 fully saturated rings. The van der Waals surface area contributed by atoms with Crippen LogP contribution in [0.25, 0.3) is 5.69 Å². The van der Waals surface area contributed by atoms with Crippen LogP contribution in [0.5, 0.6) is 0 Å². The topological polar surface area (TPSA) is 80.1 Å². The number of nitrogens with zero attached hydrogens (tertiary/aromatic N) is 4. The molecule has 1 aromatic heterocycles. The Morgan fingerprint density at radius 3 is 2.35 bits per heavy atom. The van der Waals surface area contributed by atoms with Gasteiger partial charge in [-0.3, -0.25) is 9.59 Å². The van der Waals surface area contributed by atoms with Gasteiger partial charge in [-0.15, -0.1) is 5.10 Å². The number of carbonyl (C=O) groups excluding carboxylic acids is 2. The fourth-order valence-electron chi connectivity index (χ4n) is 3.53. The van der Waals surface area contributed by atoms with Gasteiger partial charge in [0.05, 0.1) is 5.69 Å². The maximum Gasteiger partial charge on any atom is 0.294 e. The summed E-state index contributed by atoms with van der Waals surface area (Å²) >= 11 is 0. The van der Waals surface area contributed by atoms with Gasteiger partial charge in [0.2, 0.25) is 11.7 Å². The van der Waals surface area contributed by atoms with E-state index >= 15 is 0 Å². The Kier molecular flexibility index (Phi) is 6.11. The highest BCUT2D eigenvalue weighted by molar-refractivity contribution is 5.99. The molecule has 4 rings (SSSR count). The number of rotatable bonds is 8. The minimum Gasteiger partial charge on any atom is -0.324 e. The van der Waals surface area contributed by atoms with Gasteiger partial charge in [-0.2, -0.15) is 0 Å². The molecule has 1 unspecified atom stereocenters. The summed E-state index contributed by atoms with van der Waals surface area (Å²) in [6.45, 7) is 4.16. The predicted molar refractivity (Wildman–Crippen MR) is 119 cm³/mol. The van der Waals surface area contributed by atoms with Gasteiger partial charge in [-0.05, 0) is 50.5 Å². The fraction of sp³-hybridized carbons (Fsp3) is 0.333. The molecule has 1 aliphatic rings. The first kappa shape index (κ1) is 20.8. The Labute approximate surface area is 182 Å². The van der Waals surface area contributed by atoms with E-state index < -0.39 is 6.04 Å². The van der Waals surface area contributed by atoms with Crippen molar-refractivity contribution in [1.82, 2.24) is 19.7 Å². The minimum atomic E-state index is -0.652. The van der Waals surface area contributed by atoms with E-state index in [0.717, 1.165) is 30.8 Å². The van der Waals surface area contributed by atoms with Crippen molar-refractivity contribution in [2.75, 3.05) is 11.9 Å². The maximum absolute atomic E-state index is 13.4. The summed E-state index contributed by atoms with van der Waals surface area (Å²) in [6, 6.07) is 18.3. The molecular weight excluding hydrogens is 390 g/mol. The van der Waals surface area contributed by atoms with Crippen LogP contribution in [0.3, 0.4) is 0 Å². The maximum atomic E-state index is 13.4. The van der Waals surface area contributed by atoms with Gasteiger partial charge in [0, 0.05) is 18.2 Å². The SMILES string of the molecule is CCCN(C(=O)c1nc(C2CC2)n(-c2ccccc2)n1)C(C)C(=O)Nc1ccccc1. The molecule has 2 aromatic carbocycles. The zero-order chi connectivity index (χ0) is 21.8. The molecule has 0 bridgehead atoms. The van der Waals surface area contributed by atoms with Crippen LogP contribution in [0.4, 0.5) is 5.69 Å². The van der Waals surface area contributed by atoms with Crippen molar-refractivity contribution in [3.05, 3.63) is 72.3 Å². The molecule has 0 radical (unpaired) electrons. The van der Waals surface area contributed by atoms with Crippen molar-refractivity contribution in [3.63, 3.8) is 0 Å². The van der Waals surface area contributed by atoms with E-state index in [9.17, 15) is 9.59 Å². The molecule has 1 atom stereocenters. The number of para-hydroxylation sites is 2. The highest BCUT2D eigenvalue weighted by Gasteiger charge is 2.34. The Morgan fingerprint density at radius 1 is 1.10 bits per heavy atom. The number of carbonyl (C=O) groups is 2. The van der Waals surface area contributed by atoms with Crippen molar-refractivity contribution in [1.29, 1.82) is 0 Å². The first-order chi connectivity index (χ1) is 15.1. The summed E-state index contributed by atoms with van der Waals surface area (Å²) in [7, 11) is 0. The van der Waals surface area contributed by atoms with Gasteiger partial charge in [0.1, 0.15) is 11.9 Å². The molecule has 3 aromatic rings. The van der Waals surface area contributed by atoms with Crippen LogP contribution >= 0.6 is 0 Å². The highest BCUT2D eigenvalue weighted by atomic mass is 16.2. The molecule has 160 valence electrons. The van der Waals surface area contributed by atoms with Crippen molar-refractivity contribution < 1.29 is 9.59 Å². The molecule has 0 saturated heterocycles. The normalized spacial score (nSPS) is 14.1. The van der Waals surface area contributed by atoms with Crippen molar-refractivity contribution >= 4 is 17.5 Å². The lowest BCUT2D eigenvalue weighted by Crippen LogP contribution is -2.46. The Morgan fingerprint density at radius 2 is 1.74 bits per heavy atom. The summed E-state index contributed by atoms with van der Waals surface area (Å²) in [5.41, 5.74) is 1.58. The standard InChI is InChI=1S/C24H27N5O2/c1-3-16-28(17(2)23(30)25-19-10-6-4-7-11-19)24(31)21-26-22(18-14-15-18)29(27-21)20-12-8-5-9-13-20/h4-13,17-18H,3,14-16H2,1-2H3,(H,25,30). The van der Waals surface area contributed by atoms with E-state index in [1.807, 2.05) is 67.6 Å².